The summed E-state index contributed by atoms with van der Waals surface area (Å²) in [7, 11) is 2.16. The number of halogens is 2. The standard InChI is InChI=1S/C23H29N2.2ClH/c1-6-25(7-2)19-15-12-18(13-16-19)14-17-22-23(3,4)20-10-8-9-11-21(20)24(22)5;;/h8-17H,6-7H2,1-5H3;2*1H/q+1;;/p-1. The molecule has 4 heteroatoms. The number of hydrogen-bond acceptors (Lipinski definition) is 1. The third-order valence-electron chi connectivity index (χ3n) is 5.40. The quantitative estimate of drug-likeness (QED) is 0.694. The smallest absolute Gasteiger partial charge is 0.209 e. The first kappa shape index (κ1) is 23.3. The Morgan fingerprint density at radius 3 is 2.07 bits per heavy atom. The minimum absolute atomic E-state index is 0. The van der Waals surface area contributed by atoms with Crippen molar-refractivity contribution < 1.29 is 17.0 Å². The van der Waals surface area contributed by atoms with Crippen LogP contribution in [0.3, 0.4) is 0 Å². The molecule has 0 radical (unpaired) electrons. The van der Waals surface area contributed by atoms with E-state index in [0.717, 1.165) is 13.1 Å². The van der Waals surface area contributed by atoms with Gasteiger partial charge in [-0.25, -0.2) is 0 Å². The summed E-state index contributed by atoms with van der Waals surface area (Å²) in [5.74, 6) is 0. The zero-order valence-electron chi connectivity index (χ0n) is 16.9. The van der Waals surface area contributed by atoms with Gasteiger partial charge in [-0.05, 0) is 51.5 Å². The lowest BCUT2D eigenvalue weighted by atomic mass is 9.81. The average Bonchev–Trinajstić information content (AvgIpc) is 2.82. The molecule has 1 aliphatic heterocycles. The third kappa shape index (κ3) is 4.39. The molecule has 1 aliphatic rings. The Morgan fingerprint density at radius 2 is 1.52 bits per heavy atom. The molecule has 0 aliphatic carbocycles. The fraction of sp³-hybridized carbons (Fsp3) is 0.348. The number of fused-ring (bicyclic) bond motifs is 1. The molecule has 27 heavy (non-hydrogen) atoms. The number of nitrogens with zero attached hydrogens (tertiary/aromatic N) is 2. The maximum Gasteiger partial charge on any atom is 0.209 e. The minimum atomic E-state index is 0. The molecule has 0 fully saturated rings. The first-order chi connectivity index (χ1) is 12.0. The molecule has 1 heterocycles. The van der Waals surface area contributed by atoms with E-state index in [-0.39, 0.29) is 30.2 Å². The molecule has 0 atom stereocenters. The monoisotopic (exact) mass is 404 g/mol. The Kier molecular flexibility index (Phi) is 8.13. The molecule has 2 aromatic rings. The summed E-state index contributed by atoms with van der Waals surface area (Å²) in [4.78, 5) is 2.37. The normalized spacial score (nSPS) is 14.6. The molecule has 0 saturated carbocycles. The molecule has 0 spiro atoms. The van der Waals surface area contributed by atoms with E-state index in [0.29, 0.717) is 0 Å². The third-order valence-corrected chi connectivity index (χ3v) is 5.40. The van der Waals surface area contributed by atoms with Gasteiger partial charge in [-0.15, -0.1) is 12.4 Å². The van der Waals surface area contributed by atoms with Crippen molar-refractivity contribution in [2.45, 2.75) is 33.1 Å². The van der Waals surface area contributed by atoms with Gasteiger partial charge in [0, 0.05) is 36.5 Å². The highest BCUT2D eigenvalue weighted by molar-refractivity contribution is 6.05. The van der Waals surface area contributed by atoms with Crippen LogP contribution in [0.5, 0.6) is 0 Å². The van der Waals surface area contributed by atoms with Gasteiger partial charge in [0.05, 0.1) is 5.41 Å². The van der Waals surface area contributed by atoms with E-state index in [1.807, 2.05) is 0 Å². The highest BCUT2D eigenvalue weighted by Crippen LogP contribution is 2.39. The number of allylic oxidation sites excluding steroid dienone is 1. The topological polar surface area (TPSA) is 6.25 Å². The van der Waals surface area contributed by atoms with Gasteiger partial charge in [0.2, 0.25) is 5.69 Å². The molecule has 3 rings (SSSR count). The summed E-state index contributed by atoms with van der Waals surface area (Å²) in [5.41, 5.74) is 6.60. The van der Waals surface area contributed by atoms with Crippen molar-refractivity contribution in [1.29, 1.82) is 0 Å². The first-order valence-electron chi connectivity index (χ1n) is 9.22. The molecule has 146 valence electrons. The number of anilines is 1. The van der Waals surface area contributed by atoms with Gasteiger partial charge in [0.15, 0.2) is 5.71 Å². The van der Waals surface area contributed by atoms with Crippen LogP contribution < -0.4 is 17.3 Å². The molecule has 2 nitrogen and oxygen atoms in total. The van der Waals surface area contributed by atoms with Crippen molar-refractivity contribution in [2.75, 3.05) is 25.0 Å². The van der Waals surface area contributed by atoms with Crippen LogP contribution in [0.4, 0.5) is 11.4 Å². The maximum absolute atomic E-state index is 2.37. The fourth-order valence-corrected chi connectivity index (χ4v) is 3.86. The Balaban J connectivity index is 0.00000182. The summed E-state index contributed by atoms with van der Waals surface area (Å²) >= 11 is 0. The summed E-state index contributed by atoms with van der Waals surface area (Å²) in [6.45, 7) is 11.1. The second-order valence-electron chi connectivity index (χ2n) is 7.18. The molecule has 2 aromatic carbocycles. The van der Waals surface area contributed by atoms with Crippen molar-refractivity contribution in [3.05, 3.63) is 65.7 Å². The molecular weight excluding hydrogens is 375 g/mol. The second-order valence-corrected chi connectivity index (χ2v) is 7.18. The fourth-order valence-electron chi connectivity index (χ4n) is 3.86. The van der Waals surface area contributed by atoms with Crippen LogP contribution in [0.1, 0.15) is 38.8 Å². The van der Waals surface area contributed by atoms with E-state index in [1.165, 1.54) is 28.2 Å². The zero-order chi connectivity index (χ0) is 18.0. The number of hydrogen-bond donors (Lipinski definition) is 0. The Labute approximate surface area is 176 Å². The van der Waals surface area contributed by atoms with Crippen molar-refractivity contribution in [3.8, 4) is 0 Å². The van der Waals surface area contributed by atoms with E-state index in [2.05, 4.69) is 105 Å². The molecule has 0 bridgehead atoms. The molecule has 0 saturated heterocycles. The summed E-state index contributed by atoms with van der Waals surface area (Å²) < 4.78 is 2.32. The Hall–Kier alpha value is -1.77. The van der Waals surface area contributed by atoms with E-state index in [1.54, 1.807) is 0 Å². The van der Waals surface area contributed by atoms with E-state index < -0.39 is 0 Å². The molecule has 0 N–H and O–H groups in total. The van der Waals surface area contributed by atoms with Gasteiger partial charge < -0.3 is 17.3 Å². The van der Waals surface area contributed by atoms with Crippen LogP contribution in [-0.4, -0.2) is 30.4 Å². The lowest BCUT2D eigenvalue weighted by Gasteiger charge is -2.20. The lowest BCUT2D eigenvalue weighted by Crippen LogP contribution is -3.00. The lowest BCUT2D eigenvalue weighted by molar-refractivity contribution is -0.401. The molecule has 0 aromatic heterocycles. The van der Waals surface area contributed by atoms with Crippen molar-refractivity contribution in [1.82, 2.24) is 0 Å². The van der Waals surface area contributed by atoms with E-state index in [4.69, 9.17) is 0 Å². The molecule has 0 amide bonds. The van der Waals surface area contributed by atoms with Crippen molar-refractivity contribution >= 4 is 35.6 Å². The highest BCUT2D eigenvalue weighted by Gasteiger charge is 2.42. The van der Waals surface area contributed by atoms with Gasteiger partial charge >= 0.3 is 0 Å². The number of benzene rings is 2. The Morgan fingerprint density at radius 1 is 0.926 bits per heavy atom. The predicted octanol–water partition coefficient (Wildman–Crippen LogP) is 2.68. The van der Waals surface area contributed by atoms with Crippen molar-refractivity contribution in [3.63, 3.8) is 0 Å². The summed E-state index contributed by atoms with van der Waals surface area (Å²) in [5, 5.41) is 0. The largest absolute Gasteiger partial charge is 1.00 e. The van der Waals surface area contributed by atoms with Crippen LogP contribution >= 0.6 is 12.4 Å². The summed E-state index contributed by atoms with van der Waals surface area (Å²) in [6, 6.07) is 17.5. The van der Waals surface area contributed by atoms with Crippen LogP contribution in [0, 0.1) is 0 Å². The number of rotatable bonds is 5. The first-order valence-corrected chi connectivity index (χ1v) is 9.22. The highest BCUT2D eigenvalue weighted by atomic mass is 35.5. The van der Waals surface area contributed by atoms with Gasteiger partial charge in [-0.1, -0.05) is 30.3 Å². The summed E-state index contributed by atoms with van der Waals surface area (Å²) in [6.07, 6.45) is 4.50. The van der Waals surface area contributed by atoms with Gasteiger partial charge in [-0.2, -0.15) is 4.58 Å². The van der Waals surface area contributed by atoms with Crippen molar-refractivity contribution in [2.24, 2.45) is 0 Å². The van der Waals surface area contributed by atoms with Crippen LogP contribution in [0.15, 0.2) is 54.6 Å². The maximum atomic E-state index is 2.37. The second kappa shape index (κ2) is 9.43. The molecule has 0 unspecified atom stereocenters. The SMILES string of the molecule is CCN(CC)c1ccc(/C=C/C2=[N+](C)c3ccccc3C2(C)C)cc1.Cl.[Cl-]. The van der Waals surface area contributed by atoms with Gasteiger partial charge in [0.25, 0.3) is 0 Å². The van der Waals surface area contributed by atoms with Crippen LogP contribution in [0.25, 0.3) is 6.08 Å². The number of para-hydroxylation sites is 1. The molecular formula is C23H30Cl2N2. The zero-order valence-corrected chi connectivity index (χ0v) is 18.4. The minimum Gasteiger partial charge on any atom is -1.00 e. The van der Waals surface area contributed by atoms with Gasteiger partial charge in [-0.3, -0.25) is 0 Å². The van der Waals surface area contributed by atoms with E-state index >= 15 is 0 Å². The van der Waals surface area contributed by atoms with Crippen LogP contribution in [-0.2, 0) is 5.41 Å². The predicted molar refractivity (Wildman–Crippen MR) is 117 cm³/mol. The van der Waals surface area contributed by atoms with Gasteiger partial charge in [0.1, 0.15) is 7.05 Å². The van der Waals surface area contributed by atoms with Crippen LogP contribution in [0.2, 0.25) is 0 Å². The van der Waals surface area contributed by atoms with E-state index in [9.17, 15) is 0 Å². The Bertz CT molecular complexity index is 817. The average molecular weight is 405 g/mol.